The summed E-state index contributed by atoms with van der Waals surface area (Å²) in [4.78, 5) is 9.45. The maximum absolute atomic E-state index is 6.00. The Bertz CT molecular complexity index is 627. The number of aromatic nitrogens is 3. The van der Waals surface area contributed by atoms with E-state index in [4.69, 9.17) is 9.72 Å². The van der Waals surface area contributed by atoms with Crippen LogP contribution in [0.25, 0.3) is 11.2 Å². The number of nitrogens with zero attached hydrogens (tertiary/aromatic N) is 3. The summed E-state index contributed by atoms with van der Waals surface area (Å²) in [6, 6.07) is 4.03. The van der Waals surface area contributed by atoms with Crippen LogP contribution in [-0.4, -0.2) is 34.2 Å². The fourth-order valence-corrected chi connectivity index (χ4v) is 3.67. The van der Waals surface area contributed by atoms with E-state index in [1.54, 1.807) is 0 Å². The lowest BCUT2D eigenvalue weighted by molar-refractivity contribution is 0.00710. The number of ether oxygens (including phenoxy) is 1. The second kappa shape index (κ2) is 6.34. The number of hydrogen-bond acceptors (Lipinski definition) is 4. The van der Waals surface area contributed by atoms with Crippen molar-refractivity contribution in [3.8, 4) is 0 Å². The van der Waals surface area contributed by atoms with Crippen LogP contribution in [0.1, 0.15) is 44.0 Å². The van der Waals surface area contributed by atoms with Crippen molar-refractivity contribution in [3.63, 3.8) is 0 Å². The van der Waals surface area contributed by atoms with E-state index in [1.807, 2.05) is 12.3 Å². The Morgan fingerprint density at radius 1 is 1.23 bits per heavy atom. The summed E-state index contributed by atoms with van der Waals surface area (Å²) in [5, 5.41) is 3.44. The Labute approximate surface area is 131 Å². The highest BCUT2D eigenvalue weighted by atomic mass is 16.5. The van der Waals surface area contributed by atoms with Gasteiger partial charge in [-0.3, -0.25) is 0 Å². The van der Waals surface area contributed by atoms with Crippen LogP contribution in [0.3, 0.4) is 0 Å². The summed E-state index contributed by atoms with van der Waals surface area (Å²) in [5.41, 5.74) is 2.02. The van der Waals surface area contributed by atoms with E-state index in [2.05, 4.69) is 20.9 Å². The minimum atomic E-state index is 0.143. The van der Waals surface area contributed by atoms with E-state index >= 15 is 0 Å². The molecule has 2 aliphatic heterocycles. The smallest absolute Gasteiger partial charge is 0.160 e. The maximum atomic E-state index is 6.00. The predicted molar refractivity (Wildman–Crippen MR) is 85.7 cm³/mol. The molecule has 2 fully saturated rings. The van der Waals surface area contributed by atoms with E-state index in [0.29, 0.717) is 5.92 Å². The van der Waals surface area contributed by atoms with Gasteiger partial charge in [0, 0.05) is 19.3 Å². The highest BCUT2D eigenvalue weighted by Gasteiger charge is 2.25. The molecule has 5 heteroatoms. The van der Waals surface area contributed by atoms with Crippen molar-refractivity contribution >= 4 is 11.2 Å². The van der Waals surface area contributed by atoms with Crippen LogP contribution in [0, 0.1) is 5.92 Å². The molecule has 1 N–H and O–H groups in total. The molecule has 4 heterocycles. The van der Waals surface area contributed by atoms with Crippen LogP contribution in [0.5, 0.6) is 0 Å². The van der Waals surface area contributed by atoms with Crippen molar-refractivity contribution in [2.24, 2.45) is 5.92 Å². The van der Waals surface area contributed by atoms with Gasteiger partial charge >= 0.3 is 0 Å². The molecule has 1 unspecified atom stereocenters. The quantitative estimate of drug-likeness (QED) is 0.947. The van der Waals surface area contributed by atoms with Gasteiger partial charge in [0.1, 0.15) is 17.4 Å². The van der Waals surface area contributed by atoms with Gasteiger partial charge < -0.3 is 14.6 Å². The summed E-state index contributed by atoms with van der Waals surface area (Å²) in [6.45, 7) is 4.12. The van der Waals surface area contributed by atoms with E-state index in [1.165, 1.54) is 25.7 Å². The zero-order valence-electron chi connectivity index (χ0n) is 13.0. The molecule has 22 heavy (non-hydrogen) atoms. The van der Waals surface area contributed by atoms with Gasteiger partial charge in [0.05, 0.1) is 0 Å². The van der Waals surface area contributed by atoms with Crippen LogP contribution >= 0.6 is 0 Å². The Kier molecular flexibility index (Phi) is 4.08. The number of imidazole rings is 1. The van der Waals surface area contributed by atoms with E-state index in [0.717, 1.165) is 49.7 Å². The summed E-state index contributed by atoms with van der Waals surface area (Å²) in [7, 11) is 0. The van der Waals surface area contributed by atoms with Crippen LogP contribution in [-0.2, 0) is 11.3 Å². The largest absolute Gasteiger partial charge is 0.370 e. The van der Waals surface area contributed by atoms with Gasteiger partial charge in [-0.2, -0.15) is 0 Å². The van der Waals surface area contributed by atoms with Gasteiger partial charge in [0.25, 0.3) is 0 Å². The van der Waals surface area contributed by atoms with Crippen LogP contribution in [0.15, 0.2) is 18.3 Å². The third kappa shape index (κ3) is 2.75. The lowest BCUT2D eigenvalue weighted by Crippen LogP contribution is -2.30. The van der Waals surface area contributed by atoms with Crippen molar-refractivity contribution < 1.29 is 4.74 Å². The van der Waals surface area contributed by atoms with Crippen LogP contribution in [0.2, 0.25) is 0 Å². The van der Waals surface area contributed by atoms with Crippen molar-refractivity contribution in [2.75, 3.05) is 19.7 Å². The minimum absolute atomic E-state index is 0.143. The molecule has 0 radical (unpaired) electrons. The van der Waals surface area contributed by atoms with Crippen molar-refractivity contribution in [1.29, 1.82) is 0 Å². The molecule has 0 amide bonds. The first-order valence-corrected chi connectivity index (χ1v) is 8.55. The third-order valence-corrected chi connectivity index (χ3v) is 4.90. The van der Waals surface area contributed by atoms with Crippen molar-refractivity contribution in [1.82, 2.24) is 19.9 Å². The zero-order valence-corrected chi connectivity index (χ0v) is 13.0. The topological polar surface area (TPSA) is 52.0 Å². The molecule has 2 aliphatic rings. The zero-order chi connectivity index (χ0) is 14.8. The van der Waals surface area contributed by atoms with Gasteiger partial charge in [0.2, 0.25) is 0 Å². The fraction of sp³-hybridized carbons (Fsp3) is 0.647. The van der Waals surface area contributed by atoms with Gasteiger partial charge in [-0.25, -0.2) is 9.97 Å². The van der Waals surface area contributed by atoms with E-state index in [-0.39, 0.29) is 6.10 Å². The molecule has 0 bridgehead atoms. The third-order valence-electron chi connectivity index (χ3n) is 4.90. The Morgan fingerprint density at radius 2 is 2.14 bits per heavy atom. The van der Waals surface area contributed by atoms with Crippen LogP contribution < -0.4 is 5.32 Å². The lowest BCUT2D eigenvalue weighted by atomic mass is 9.98. The molecule has 0 spiro atoms. The molecule has 118 valence electrons. The molecule has 1 atom stereocenters. The first-order valence-electron chi connectivity index (χ1n) is 8.55. The molecular weight excluding hydrogens is 276 g/mol. The monoisotopic (exact) mass is 300 g/mol. The van der Waals surface area contributed by atoms with Crippen molar-refractivity contribution in [2.45, 2.75) is 44.8 Å². The summed E-state index contributed by atoms with van der Waals surface area (Å²) >= 11 is 0. The van der Waals surface area contributed by atoms with Gasteiger partial charge in [-0.1, -0.05) is 0 Å². The Morgan fingerprint density at radius 3 is 2.95 bits per heavy atom. The van der Waals surface area contributed by atoms with Gasteiger partial charge in [-0.05, 0) is 63.2 Å². The van der Waals surface area contributed by atoms with Crippen molar-refractivity contribution in [3.05, 3.63) is 24.2 Å². The molecule has 0 saturated carbocycles. The molecule has 5 nitrogen and oxygen atoms in total. The molecule has 2 aromatic heterocycles. The second-order valence-electron chi connectivity index (χ2n) is 6.48. The lowest BCUT2D eigenvalue weighted by Gasteiger charge is -2.26. The standard InChI is InChI=1S/C17H24N4O/c1-2-11-22-15(5-1)17-20-14-4-3-8-19-16(14)21(17)12-13-6-9-18-10-7-13/h3-4,8,13,15,18H,1-2,5-7,9-12H2. The minimum Gasteiger partial charge on any atom is -0.370 e. The highest BCUT2D eigenvalue weighted by molar-refractivity contribution is 5.71. The fourth-order valence-electron chi connectivity index (χ4n) is 3.67. The number of piperidine rings is 1. The number of pyridine rings is 1. The van der Waals surface area contributed by atoms with E-state index in [9.17, 15) is 0 Å². The Hall–Kier alpha value is -1.46. The highest BCUT2D eigenvalue weighted by Crippen LogP contribution is 2.30. The molecule has 4 rings (SSSR count). The number of rotatable bonds is 3. The SMILES string of the molecule is c1cnc2c(c1)nc(C1CCCCO1)n2CC1CCNCC1. The molecule has 2 saturated heterocycles. The van der Waals surface area contributed by atoms with E-state index < -0.39 is 0 Å². The number of nitrogens with one attached hydrogen (secondary N) is 1. The Balaban J connectivity index is 1.69. The van der Waals surface area contributed by atoms with Crippen LogP contribution in [0.4, 0.5) is 0 Å². The number of hydrogen-bond donors (Lipinski definition) is 1. The first kappa shape index (κ1) is 14.2. The first-order chi connectivity index (χ1) is 10.9. The van der Waals surface area contributed by atoms with Gasteiger partial charge in [-0.15, -0.1) is 0 Å². The molecule has 0 aromatic carbocycles. The average Bonchev–Trinajstić information content (AvgIpc) is 2.95. The predicted octanol–water partition coefficient (Wildman–Crippen LogP) is 2.67. The molecule has 2 aromatic rings. The summed E-state index contributed by atoms with van der Waals surface area (Å²) < 4.78 is 8.33. The second-order valence-corrected chi connectivity index (χ2v) is 6.48. The molecule has 0 aliphatic carbocycles. The maximum Gasteiger partial charge on any atom is 0.160 e. The summed E-state index contributed by atoms with van der Waals surface area (Å²) in [6.07, 6.45) is 7.96. The van der Waals surface area contributed by atoms with Gasteiger partial charge in [0.15, 0.2) is 5.65 Å². The average molecular weight is 300 g/mol. The normalized spacial score (nSPS) is 23.9. The number of fused-ring (bicyclic) bond motifs is 1. The molecular formula is C17H24N4O. The summed E-state index contributed by atoms with van der Waals surface area (Å²) in [5.74, 6) is 1.80.